The smallest absolute Gasteiger partial charge is 0.122 e. The van der Waals surface area contributed by atoms with Crippen molar-refractivity contribution in [3.63, 3.8) is 0 Å². The molecule has 1 saturated carbocycles. The Morgan fingerprint density at radius 1 is 1.30 bits per heavy atom. The first kappa shape index (κ1) is 15.8. The summed E-state index contributed by atoms with van der Waals surface area (Å²) in [5.74, 6) is 0.568. The van der Waals surface area contributed by atoms with Crippen LogP contribution in [0.2, 0.25) is 0 Å². The minimum atomic E-state index is -0.301. The zero-order valence-corrected chi connectivity index (χ0v) is 13.4. The summed E-state index contributed by atoms with van der Waals surface area (Å²) in [7, 11) is 2.22. The van der Waals surface area contributed by atoms with Gasteiger partial charge in [0.05, 0.1) is 6.07 Å². The molecule has 1 aliphatic carbocycles. The zero-order chi connectivity index (χ0) is 14.6. The van der Waals surface area contributed by atoms with Crippen molar-refractivity contribution in [1.29, 1.82) is 5.26 Å². The molecule has 0 aromatic carbocycles. The Bertz CT molecular complexity index is 347. The van der Waals surface area contributed by atoms with Gasteiger partial charge in [-0.3, -0.25) is 10.2 Å². The van der Waals surface area contributed by atoms with Gasteiger partial charge in [0, 0.05) is 32.2 Å². The number of hydrogen-bond acceptors (Lipinski definition) is 4. The lowest BCUT2D eigenvalue weighted by Crippen LogP contribution is -2.59. The molecule has 0 spiro atoms. The van der Waals surface area contributed by atoms with E-state index in [1.165, 1.54) is 19.3 Å². The third-order valence-electron chi connectivity index (χ3n) is 4.97. The van der Waals surface area contributed by atoms with Crippen molar-refractivity contribution in [3.8, 4) is 6.07 Å². The average Bonchev–Trinajstić information content (AvgIpc) is 3.30. The number of hydrogen-bond donors (Lipinski definition) is 1. The molecule has 1 saturated heterocycles. The third-order valence-corrected chi connectivity index (χ3v) is 4.97. The van der Waals surface area contributed by atoms with Crippen LogP contribution in [0, 0.1) is 17.2 Å². The Morgan fingerprint density at radius 3 is 2.60 bits per heavy atom. The van der Waals surface area contributed by atoms with Crippen LogP contribution in [0.3, 0.4) is 0 Å². The van der Waals surface area contributed by atoms with Crippen LogP contribution in [-0.4, -0.2) is 61.2 Å². The highest BCUT2D eigenvalue weighted by Gasteiger charge is 2.46. The fraction of sp³-hybridized carbons (Fsp3) is 0.938. The van der Waals surface area contributed by atoms with Crippen molar-refractivity contribution >= 4 is 0 Å². The first-order valence-electron chi connectivity index (χ1n) is 8.24. The van der Waals surface area contributed by atoms with Gasteiger partial charge in [-0.1, -0.05) is 13.8 Å². The van der Waals surface area contributed by atoms with Crippen molar-refractivity contribution in [2.45, 2.75) is 51.1 Å². The second-order valence-electron chi connectivity index (χ2n) is 6.56. The van der Waals surface area contributed by atoms with Gasteiger partial charge in [0.25, 0.3) is 0 Å². The van der Waals surface area contributed by atoms with Gasteiger partial charge in [-0.2, -0.15) is 5.26 Å². The largest absolute Gasteiger partial charge is 0.301 e. The normalized spacial score (nSPS) is 28.0. The second-order valence-corrected chi connectivity index (χ2v) is 6.56. The Kier molecular flexibility index (Phi) is 5.42. The number of nitrogens with zero attached hydrogens (tertiary/aromatic N) is 3. The van der Waals surface area contributed by atoms with Crippen LogP contribution < -0.4 is 5.32 Å². The van der Waals surface area contributed by atoms with Gasteiger partial charge in [-0.25, -0.2) is 0 Å². The molecule has 2 atom stereocenters. The van der Waals surface area contributed by atoms with E-state index in [9.17, 15) is 5.26 Å². The van der Waals surface area contributed by atoms with E-state index >= 15 is 0 Å². The predicted molar refractivity (Wildman–Crippen MR) is 82.5 cm³/mol. The van der Waals surface area contributed by atoms with Crippen molar-refractivity contribution in [2.24, 2.45) is 5.92 Å². The fourth-order valence-corrected chi connectivity index (χ4v) is 3.37. The van der Waals surface area contributed by atoms with Crippen LogP contribution in [0.1, 0.15) is 39.5 Å². The van der Waals surface area contributed by atoms with Crippen molar-refractivity contribution in [1.82, 2.24) is 15.1 Å². The molecule has 0 amide bonds. The van der Waals surface area contributed by atoms with Gasteiger partial charge >= 0.3 is 0 Å². The summed E-state index contributed by atoms with van der Waals surface area (Å²) in [4.78, 5) is 4.97. The number of rotatable bonds is 7. The lowest BCUT2D eigenvalue weighted by Gasteiger charge is -2.42. The minimum Gasteiger partial charge on any atom is -0.301 e. The highest BCUT2D eigenvalue weighted by atomic mass is 15.3. The van der Waals surface area contributed by atoms with Crippen LogP contribution >= 0.6 is 0 Å². The molecule has 20 heavy (non-hydrogen) atoms. The van der Waals surface area contributed by atoms with Crippen LogP contribution in [-0.2, 0) is 0 Å². The first-order valence-corrected chi connectivity index (χ1v) is 8.24. The highest BCUT2D eigenvalue weighted by molar-refractivity contribution is 5.17. The van der Waals surface area contributed by atoms with E-state index < -0.39 is 0 Å². The molecule has 2 rings (SSSR count). The summed E-state index contributed by atoms with van der Waals surface area (Å²) in [5, 5.41) is 13.3. The highest BCUT2D eigenvalue weighted by Crippen LogP contribution is 2.40. The zero-order valence-electron chi connectivity index (χ0n) is 13.4. The van der Waals surface area contributed by atoms with E-state index in [0.29, 0.717) is 12.0 Å². The van der Waals surface area contributed by atoms with E-state index in [1.807, 2.05) is 0 Å². The molecule has 114 valence electrons. The van der Waals surface area contributed by atoms with Crippen LogP contribution in [0.25, 0.3) is 0 Å². The average molecular weight is 278 g/mol. The van der Waals surface area contributed by atoms with E-state index in [4.69, 9.17) is 0 Å². The van der Waals surface area contributed by atoms with Crippen molar-refractivity contribution < 1.29 is 0 Å². The van der Waals surface area contributed by atoms with Gasteiger partial charge < -0.3 is 4.90 Å². The molecule has 0 aromatic heterocycles. The second kappa shape index (κ2) is 6.89. The maximum atomic E-state index is 9.77. The van der Waals surface area contributed by atoms with E-state index in [0.717, 1.165) is 39.1 Å². The maximum absolute atomic E-state index is 9.77. The van der Waals surface area contributed by atoms with Gasteiger partial charge in [0.15, 0.2) is 0 Å². The summed E-state index contributed by atoms with van der Waals surface area (Å²) in [5.41, 5.74) is -0.301. The molecular formula is C16H30N4. The molecule has 2 fully saturated rings. The Morgan fingerprint density at radius 2 is 2.05 bits per heavy atom. The molecule has 4 heteroatoms. The lowest BCUT2D eigenvalue weighted by atomic mass is 9.93. The van der Waals surface area contributed by atoms with E-state index in [1.54, 1.807) is 0 Å². The van der Waals surface area contributed by atoms with Crippen molar-refractivity contribution in [3.05, 3.63) is 0 Å². The minimum absolute atomic E-state index is 0.301. The van der Waals surface area contributed by atoms with Gasteiger partial charge in [-0.05, 0) is 45.2 Å². The Balaban J connectivity index is 1.99. The topological polar surface area (TPSA) is 42.3 Å². The standard InChI is InChI=1S/C16H30N4/c1-4-8-18-16(12-17,14-6-7-14)13-20-10-9-19(3)15(5-2)11-20/h14-15,18H,4-11,13H2,1-3H3. The molecule has 0 radical (unpaired) electrons. The summed E-state index contributed by atoms with van der Waals surface area (Å²) < 4.78 is 0. The van der Waals surface area contributed by atoms with Crippen LogP contribution in [0.15, 0.2) is 0 Å². The van der Waals surface area contributed by atoms with Crippen LogP contribution in [0.4, 0.5) is 0 Å². The van der Waals surface area contributed by atoms with Crippen LogP contribution in [0.5, 0.6) is 0 Å². The molecule has 2 aliphatic rings. The van der Waals surface area contributed by atoms with E-state index in [-0.39, 0.29) is 5.54 Å². The monoisotopic (exact) mass is 278 g/mol. The van der Waals surface area contributed by atoms with Gasteiger partial charge in [-0.15, -0.1) is 0 Å². The summed E-state index contributed by atoms with van der Waals surface area (Å²) >= 11 is 0. The van der Waals surface area contributed by atoms with Crippen molar-refractivity contribution in [2.75, 3.05) is 39.8 Å². The Hall–Kier alpha value is -0.630. The first-order chi connectivity index (χ1) is 9.65. The molecule has 2 unspecified atom stereocenters. The number of likely N-dealkylation sites (N-methyl/N-ethyl adjacent to an activating group) is 1. The van der Waals surface area contributed by atoms with Gasteiger partial charge in [0.2, 0.25) is 0 Å². The third kappa shape index (κ3) is 3.52. The molecule has 1 aliphatic heterocycles. The number of piperazine rings is 1. The molecular weight excluding hydrogens is 248 g/mol. The summed E-state index contributed by atoms with van der Waals surface area (Å²) in [6, 6.07) is 3.28. The predicted octanol–water partition coefficient (Wildman–Crippen LogP) is 1.68. The summed E-state index contributed by atoms with van der Waals surface area (Å²) in [6.45, 7) is 9.61. The number of nitriles is 1. The molecule has 1 heterocycles. The van der Waals surface area contributed by atoms with Gasteiger partial charge in [0.1, 0.15) is 5.54 Å². The molecule has 0 aromatic rings. The lowest BCUT2D eigenvalue weighted by molar-refractivity contribution is 0.0742. The number of nitrogens with one attached hydrogen (secondary N) is 1. The molecule has 4 nitrogen and oxygen atoms in total. The summed E-state index contributed by atoms with van der Waals surface area (Å²) in [6.07, 6.45) is 4.72. The molecule has 1 N–H and O–H groups in total. The maximum Gasteiger partial charge on any atom is 0.122 e. The SMILES string of the molecule is CCCNC(C#N)(CN1CCN(C)C(CC)C1)C1CC1. The Labute approximate surface area is 124 Å². The fourth-order valence-electron chi connectivity index (χ4n) is 3.37. The van der Waals surface area contributed by atoms with E-state index in [2.05, 4.69) is 42.1 Å². The molecule has 0 bridgehead atoms. The quantitative estimate of drug-likeness (QED) is 0.769.